The molecule has 0 radical (unpaired) electrons. The van der Waals surface area contributed by atoms with Crippen LogP contribution in [0.5, 0.6) is 0 Å². The number of fused-ring (bicyclic) bond motifs is 1. The average molecular weight is 335 g/mol. The third kappa shape index (κ3) is 1.85. The van der Waals surface area contributed by atoms with E-state index < -0.39 is 40.2 Å². The van der Waals surface area contributed by atoms with Crippen LogP contribution in [0.1, 0.15) is 5.69 Å². The molecule has 0 bridgehead atoms. The van der Waals surface area contributed by atoms with E-state index in [1.165, 1.54) is 6.92 Å². The van der Waals surface area contributed by atoms with Gasteiger partial charge in [-0.2, -0.15) is 14.6 Å². The molecule has 0 aliphatic heterocycles. The Morgan fingerprint density at radius 3 is 2.05 bits per heavy atom. The van der Waals surface area contributed by atoms with Gasteiger partial charge in [0, 0.05) is 5.56 Å². The number of rotatable bonds is 1. The Labute approximate surface area is 124 Å². The molecule has 2 heterocycles. The van der Waals surface area contributed by atoms with Gasteiger partial charge in [0.15, 0.2) is 23.3 Å². The van der Waals surface area contributed by atoms with Crippen LogP contribution in [0.4, 0.5) is 22.0 Å². The quantitative estimate of drug-likeness (QED) is 0.296. The van der Waals surface area contributed by atoms with Gasteiger partial charge in [0.05, 0.1) is 11.3 Å². The predicted octanol–water partition coefficient (Wildman–Crippen LogP) is 3.45. The molecule has 0 saturated heterocycles. The van der Waals surface area contributed by atoms with Gasteiger partial charge in [-0.25, -0.2) is 26.9 Å². The standard InChI is InChI=1S/C12H4ClF5N4/c1-3-4(11(13)22-12(21-3)19-2-20-22)5-6(14)8(16)10(18)9(17)7(5)15/h2H,1H3. The zero-order valence-electron chi connectivity index (χ0n) is 10.6. The number of hydrogen-bond donors (Lipinski definition) is 0. The van der Waals surface area contributed by atoms with Crippen LogP contribution >= 0.6 is 11.6 Å². The molecule has 22 heavy (non-hydrogen) atoms. The molecule has 0 atom stereocenters. The Bertz CT molecular complexity index is 895. The van der Waals surface area contributed by atoms with Gasteiger partial charge in [-0.15, -0.1) is 0 Å². The summed E-state index contributed by atoms with van der Waals surface area (Å²) in [5, 5.41) is 3.30. The van der Waals surface area contributed by atoms with Gasteiger partial charge < -0.3 is 0 Å². The van der Waals surface area contributed by atoms with Crippen molar-refractivity contribution in [3.63, 3.8) is 0 Å². The van der Waals surface area contributed by atoms with E-state index in [4.69, 9.17) is 11.6 Å². The molecule has 0 spiro atoms. The molecule has 2 aromatic heterocycles. The zero-order valence-corrected chi connectivity index (χ0v) is 11.4. The highest BCUT2D eigenvalue weighted by molar-refractivity contribution is 6.32. The predicted molar refractivity (Wildman–Crippen MR) is 65.8 cm³/mol. The third-order valence-electron chi connectivity index (χ3n) is 3.01. The Balaban J connectivity index is 2.47. The van der Waals surface area contributed by atoms with Gasteiger partial charge in [-0.05, 0) is 6.92 Å². The van der Waals surface area contributed by atoms with E-state index in [9.17, 15) is 22.0 Å². The van der Waals surface area contributed by atoms with Gasteiger partial charge >= 0.3 is 0 Å². The lowest BCUT2D eigenvalue weighted by molar-refractivity contribution is 0.381. The van der Waals surface area contributed by atoms with E-state index in [2.05, 4.69) is 15.1 Å². The summed E-state index contributed by atoms with van der Waals surface area (Å²) in [5.41, 5.74) is -1.68. The molecule has 1 aromatic carbocycles. The molecule has 3 rings (SSSR count). The van der Waals surface area contributed by atoms with Crippen molar-refractivity contribution in [1.29, 1.82) is 0 Å². The van der Waals surface area contributed by atoms with Crippen LogP contribution in [0.15, 0.2) is 6.33 Å². The minimum Gasteiger partial charge on any atom is -0.216 e. The summed E-state index contributed by atoms with van der Waals surface area (Å²) in [7, 11) is 0. The number of benzene rings is 1. The highest BCUT2D eigenvalue weighted by Gasteiger charge is 2.30. The van der Waals surface area contributed by atoms with E-state index in [0.717, 1.165) is 10.8 Å². The van der Waals surface area contributed by atoms with Crippen molar-refractivity contribution in [1.82, 2.24) is 19.6 Å². The smallest absolute Gasteiger partial charge is 0.216 e. The Morgan fingerprint density at radius 2 is 1.45 bits per heavy atom. The van der Waals surface area contributed by atoms with Crippen LogP contribution in [0.2, 0.25) is 5.15 Å². The number of hydrogen-bond acceptors (Lipinski definition) is 3. The highest BCUT2D eigenvalue weighted by Crippen LogP contribution is 2.36. The summed E-state index contributed by atoms with van der Waals surface area (Å²) in [4.78, 5) is 7.60. The first-order chi connectivity index (χ1) is 10.3. The van der Waals surface area contributed by atoms with Gasteiger partial charge in [-0.1, -0.05) is 11.6 Å². The van der Waals surface area contributed by atoms with Crippen LogP contribution in [-0.2, 0) is 0 Å². The lowest BCUT2D eigenvalue weighted by Gasteiger charge is -2.12. The van der Waals surface area contributed by atoms with Crippen LogP contribution in [-0.4, -0.2) is 19.6 Å². The summed E-state index contributed by atoms with van der Waals surface area (Å²) >= 11 is 5.96. The van der Waals surface area contributed by atoms with Crippen LogP contribution in [0, 0.1) is 36.0 Å². The second-order valence-electron chi connectivity index (χ2n) is 4.28. The van der Waals surface area contributed by atoms with Crippen molar-refractivity contribution < 1.29 is 22.0 Å². The Morgan fingerprint density at radius 1 is 0.909 bits per heavy atom. The molecule has 0 saturated carbocycles. The van der Waals surface area contributed by atoms with Crippen molar-refractivity contribution in [2.45, 2.75) is 6.92 Å². The molecule has 0 unspecified atom stereocenters. The fraction of sp³-hybridized carbons (Fsp3) is 0.0833. The third-order valence-corrected chi connectivity index (χ3v) is 3.36. The number of aryl methyl sites for hydroxylation is 1. The van der Waals surface area contributed by atoms with Crippen LogP contribution in [0.25, 0.3) is 16.9 Å². The van der Waals surface area contributed by atoms with E-state index in [1.807, 2.05) is 0 Å². The minimum atomic E-state index is -2.25. The molecular formula is C12H4ClF5N4. The van der Waals surface area contributed by atoms with Crippen LogP contribution in [0.3, 0.4) is 0 Å². The van der Waals surface area contributed by atoms with E-state index >= 15 is 0 Å². The first kappa shape index (κ1) is 14.6. The summed E-state index contributed by atoms with van der Waals surface area (Å²) in [5.74, 6) is -10.4. The fourth-order valence-electron chi connectivity index (χ4n) is 2.02. The molecule has 0 aliphatic carbocycles. The summed E-state index contributed by atoms with van der Waals surface area (Å²) < 4.78 is 68.6. The molecule has 0 N–H and O–H groups in total. The summed E-state index contributed by atoms with van der Waals surface area (Å²) in [6.45, 7) is 1.30. The number of halogens is 6. The molecule has 3 aromatic rings. The molecular weight excluding hydrogens is 331 g/mol. The van der Waals surface area contributed by atoms with Crippen molar-refractivity contribution in [3.8, 4) is 11.1 Å². The van der Waals surface area contributed by atoms with Crippen molar-refractivity contribution >= 4 is 17.4 Å². The lowest BCUT2D eigenvalue weighted by Crippen LogP contribution is -2.07. The summed E-state index contributed by atoms with van der Waals surface area (Å²) in [6, 6.07) is 0. The topological polar surface area (TPSA) is 43.1 Å². The normalized spacial score (nSPS) is 11.4. The van der Waals surface area contributed by atoms with E-state index in [0.29, 0.717) is 0 Å². The van der Waals surface area contributed by atoms with E-state index in [-0.39, 0.29) is 16.6 Å². The molecule has 0 fully saturated rings. The SMILES string of the molecule is Cc1nc2ncnn2c(Cl)c1-c1c(F)c(F)c(F)c(F)c1F. The molecule has 10 heteroatoms. The van der Waals surface area contributed by atoms with Gasteiger partial charge in [0.25, 0.3) is 5.78 Å². The maximum atomic E-state index is 13.9. The van der Waals surface area contributed by atoms with E-state index in [1.54, 1.807) is 0 Å². The second kappa shape index (κ2) is 4.87. The molecule has 0 amide bonds. The molecule has 0 aliphatic rings. The second-order valence-corrected chi connectivity index (χ2v) is 4.64. The Kier molecular flexibility index (Phi) is 3.24. The maximum absolute atomic E-state index is 13.9. The lowest BCUT2D eigenvalue weighted by atomic mass is 10.0. The zero-order chi connectivity index (χ0) is 16.2. The minimum absolute atomic E-state index is 0.0233. The summed E-state index contributed by atoms with van der Waals surface area (Å²) in [6.07, 6.45) is 1.08. The number of aromatic nitrogens is 4. The fourth-order valence-corrected chi connectivity index (χ4v) is 2.37. The van der Waals surface area contributed by atoms with Crippen molar-refractivity contribution in [2.24, 2.45) is 0 Å². The average Bonchev–Trinajstić information content (AvgIpc) is 2.95. The highest BCUT2D eigenvalue weighted by atomic mass is 35.5. The Hall–Kier alpha value is -2.29. The van der Waals surface area contributed by atoms with Crippen molar-refractivity contribution in [2.75, 3.05) is 0 Å². The molecule has 114 valence electrons. The van der Waals surface area contributed by atoms with Gasteiger partial charge in [-0.3, -0.25) is 0 Å². The first-order valence-corrected chi connectivity index (χ1v) is 6.10. The van der Waals surface area contributed by atoms with Gasteiger partial charge in [0.1, 0.15) is 11.5 Å². The maximum Gasteiger partial charge on any atom is 0.253 e. The first-order valence-electron chi connectivity index (χ1n) is 5.72. The monoisotopic (exact) mass is 334 g/mol. The molecule has 4 nitrogen and oxygen atoms in total. The number of nitrogens with zero attached hydrogens (tertiary/aromatic N) is 4. The van der Waals surface area contributed by atoms with Gasteiger partial charge in [0.2, 0.25) is 5.82 Å². The largest absolute Gasteiger partial charge is 0.253 e. The van der Waals surface area contributed by atoms with Crippen molar-refractivity contribution in [3.05, 3.63) is 46.3 Å². The van der Waals surface area contributed by atoms with Crippen LogP contribution < -0.4 is 0 Å².